The van der Waals surface area contributed by atoms with Crippen LogP contribution in [-0.2, 0) is 4.79 Å². The number of hydrogen-bond donors (Lipinski definition) is 2. The van der Waals surface area contributed by atoms with Gasteiger partial charge in [0.2, 0.25) is 11.9 Å². The van der Waals surface area contributed by atoms with E-state index in [0.717, 1.165) is 25.0 Å². The van der Waals surface area contributed by atoms with Crippen LogP contribution in [0.5, 0.6) is 11.5 Å². The Labute approximate surface area is 204 Å². The van der Waals surface area contributed by atoms with Gasteiger partial charge < -0.3 is 19.3 Å². The minimum Gasteiger partial charge on any atom is -0.506 e. The van der Waals surface area contributed by atoms with Gasteiger partial charge in [-0.15, -0.1) is 13.2 Å². The number of likely N-dealkylation sites (tertiary alicyclic amines) is 1. The Balaban J connectivity index is 1.82. The maximum atomic E-state index is 13.0. The van der Waals surface area contributed by atoms with Crippen molar-refractivity contribution in [1.82, 2.24) is 19.4 Å². The smallest absolute Gasteiger partial charge is 0.506 e. The first-order chi connectivity index (χ1) is 17.1. The molecule has 1 saturated heterocycles. The third-order valence-electron chi connectivity index (χ3n) is 5.85. The number of aromatic hydroxyl groups is 1. The van der Waals surface area contributed by atoms with E-state index in [-0.39, 0.29) is 29.4 Å². The Morgan fingerprint density at radius 2 is 2.06 bits per heavy atom. The third-order valence-corrected chi connectivity index (χ3v) is 5.85. The summed E-state index contributed by atoms with van der Waals surface area (Å²) in [6.45, 7) is 5.99. The lowest BCUT2D eigenvalue weighted by Gasteiger charge is -2.26. The molecule has 1 fully saturated rings. The summed E-state index contributed by atoms with van der Waals surface area (Å²) in [6, 6.07) is 4.53. The van der Waals surface area contributed by atoms with E-state index in [1.807, 2.05) is 0 Å². The highest BCUT2D eigenvalue weighted by Crippen LogP contribution is 2.38. The number of imidazole rings is 1. The van der Waals surface area contributed by atoms with Crippen LogP contribution >= 0.6 is 0 Å². The van der Waals surface area contributed by atoms with Crippen molar-refractivity contribution in [2.75, 3.05) is 18.4 Å². The van der Waals surface area contributed by atoms with E-state index in [1.54, 1.807) is 22.5 Å². The number of halogens is 3. The molecule has 2 N–H and O–H groups in total. The first-order valence-electron chi connectivity index (χ1n) is 11.2. The van der Waals surface area contributed by atoms with Gasteiger partial charge >= 0.3 is 6.36 Å². The van der Waals surface area contributed by atoms with Crippen molar-refractivity contribution in [3.63, 3.8) is 0 Å². The average molecular weight is 503 g/mol. The SMILES string of the molecule is C=CC(=O)N1CCCCC(n2c(NC(=O)c3ccnc(C)c3)nc3cc(OC(F)(F)F)cc(O)c32)C1. The Morgan fingerprint density at radius 1 is 1.28 bits per heavy atom. The highest BCUT2D eigenvalue weighted by atomic mass is 19.4. The van der Waals surface area contributed by atoms with Crippen molar-refractivity contribution in [3.05, 3.63) is 54.4 Å². The van der Waals surface area contributed by atoms with Crippen LogP contribution in [0.2, 0.25) is 0 Å². The van der Waals surface area contributed by atoms with Gasteiger partial charge in [0.25, 0.3) is 5.91 Å². The number of nitrogens with one attached hydrogen (secondary N) is 1. The second-order valence-electron chi connectivity index (χ2n) is 8.44. The van der Waals surface area contributed by atoms with Crippen LogP contribution in [0.3, 0.4) is 0 Å². The number of nitrogens with zero attached hydrogens (tertiary/aromatic N) is 4. The fourth-order valence-electron chi connectivity index (χ4n) is 4.34. The molecule has 1 aliphatic heterocycles. The number of aromatic nitrogens is 3. The summed E-state index contributed by atoms with van der Waals surface area (Å²) in [6.07, 6.45) is -0.241. The summed E-state index contributed by atoms with van der Waals surface area (Å²) >= 11 is 0. The lowest BCUT2D eigenvalue weighted by atomic mass is 10.1. The molecule has 0 saturated carbocycles. The van der Waals surface area contributed by atoms with Gasteiger partial charge in [0.1, 0.15) is 17.0 Å². The molecule has 1 atom stereocenters. The number of phenols is 1. The normalized spacial score (nSPS) is 16.4. The fourth-order valence-corrected chi connectivity index (χ4v) is 4.34. The van der Waals surface area contributed by atoms with Crippen molar-refractivity contribution in [1.29, 1.82) is 0 Å². The maximum absolute atomic E-state index is 13.0. The predicted octanol–water partition coefficient (Wildman–Crippen LogP) is 4.34. The number of benzene rings is 1. The number of fused-ring (bicyclic) bond motifs is 1. The summed E-state index contributed by atoms with van der Waals surface area (Å²) < 4.78 is 43.9. The number of rotatable bonds is 5. The Kier molecular flexibility index (Phi) is 6.86. The number of alkyl halides is 3. The summed E-state index contributed by atoms with van der Waals surface area (Å²) in [5, 5.41) is 13.4. The summed E-state index contributed by atoms with van der Waals surface area (Å²) in [5.41, 5.74) is 1.02. The largest absolute Gasteiger partial charge is 0.573 e. The minimum absolute atomic E-state index is 0.0127. The molecule has 0 bridgehead atoms. The van der Waals surface area contributed by atoms with Gasteiger partial charge in [-0.3, -0.25) is 19.9 Å². The highest BCUT2D eigenvalue weighted by Gasteiger charge is 2.33. The molecule has 0 spiro atoms. The predicted molar refractivity (Wildman–Crippen MR) is 125 cm³/mol. The maximum Gasteiger partial charge on any atom is 0.573 e. The second-order valence-corrected chi connectivity index (χ2v) is 8.44. The standard InChI is InChI=1S/C24H24F3N5O4/c1-3-20(34)31-9-5-4-6-16(13-31)32-21-18(11-17(12-19(21)33)36-24(25,26)27)29-23(32)30-22(35)15-7-8-28-14(2)10-15/h3,7-8,10-12,16,33H,1,4-6,9,13H2,2H3,(H,29,30,35). The van der Waals surface area contributed by atoms with Crippen LogP contribution in [0.25, 0.3) is 11.0 Å². The molecule has 0 aliphatic carbocycles. The minimum atomic E-state index is -4.97. The van der Waals surface area contributed by atoms with E-state index >= 15 is 0 Å². The van der Waals surface area contributed by atoms with Crippen molar-refractivity contribution in [2.24, 2.45) is 0 Å². The number of amides is 2. The van der Waals surface area contributed by atoms with Crippen LogP contribution in [0.4, 0.5) is 19.1 Å². The van der Waals surface area contributed by atoms with Gasteiger partial charge in [0.05, 0.1) is 11.6 Å². The monoisotopic (exact) mass is 503 g/mol. The molecule has 2 amide bonds. The lowest BCUT2D eigenvalue weighted by Crippen LogP contribution is -2.34. The summed E-state index contributed by atoms with van der Waals surface area (Å²) in [4.78, 5) is 35.4. The summed E-state index contributed by atoms with van der Waals surface area (Å²) in [5.74, 6) is -1.93. The Hall–Kier alpha value is -4.09. The van der Waals surface area contributed by atoms with E-state index in [2.05, 4.69) is 26.6 Å². The van der Waals surface area contributed by atoms with Crippen molar-refractivity contribution < 1.29 is 32.6 Å². The van der Waals surface area contributed by atoms with Gasteiger partial charge in [-0.05, 0) is 44.4 Å². The highest BCUT2D eigenvalue weighted by molar-refractivity contribution is 6.04. The van der Waals surface area contributed by atoms with Gasteiger partial charge in [-0.2, -0.15) is 0 Å². The molecular weight excluding hydrogens is 479 g/mol. The zero-order valence-corrected chi connectivity index (χ0v) is 19.4. The van der Waals surface area contributed by atoms with Crippen LogP contribution < -0.4 is 10.1 Å². The number of aryl methyl sites for hydroxylation is 1. The lowest BCUT2D eigenvalue weighted by molar-refractivity contribution is -0.274. The molecule has 9 nitrogen and oxygen atoms in total. The zero-order chi connectivity index (χ0) is 26.0. The number of ether oxygens (including phenoxy) is 1. The molecule has 1 aromatic carbocycles. The van der Waals surface area contributed by atoms with E-state index in [4.69, 9.17) is 0 Å². The molecule has 1 aliphatic rings. The molecule has 2 aromatic heterocycles. The van der Waals surface area contributed by atoms with Gasteiger partial charge in [-0.1, -0.05) is 6.58 Å². The van der Waals surface area contributed by atoms with E-state index in [1.165, 1.54) is 18.3 Å². The van der Waals surface area contributed by atoms with Crippen LogP contribution in [0.1, 0.15) is 41.4 Å². The molecule has 4 rings (SSSR count). The molecule has 1 unspecified atom stereocenters. The van der Waals surface area contributed by atoms with Gasteiger partial charge in [0.15, 0.2) is 0 Å². The number of hydrogen-bond acceptors (Lipinski definition) is 6. The number of pyridine rings is 1. The van der Waals surface area contributed by atoms with E-state index < -0.39 is 29.8 Å². The molecular formula is C24H24F3N5O4. The molecule has 0 radical (unpaired) electrons. The molecule has 190 valence electrons. The third kappa shape index (κ3) is 5.42. The van der Waals surface area contributed by atoms with Crippen LogP contribution in [-0.4, -0.2) is 55.8 Å². The van der Waals surface area contributed by atoms with Crippen LogP contribution in [0.15, 0.2) is 43.1 Å². The van der Waals surface area contributed by atoms with E-state index in [0.29, 0.717) is 24.2 Å². The average Bonchev–Trinajstić information content (AvgIpc) is 2.98. The molecule has 3 aromatic rings. The van der Waals surface area contributed by atoms with Gasteiger partial charge in [0, 0.05) is 42.7 Å². The van der Waals surface area contributed by atoms with E-state index in [9.17, 15) is 27.9 Å². The molecule has 3 heterocycles. The Bertz CT molecular complexity index is 1320. The molecule has 12 heteroatoms. The first kappa shape index (κ1) is 25.0. The Morgan fingerprint density at radius 3 is 2.75 bits per heavy atom. The number of carbonyl (C=O) groups is 2. The quantitative estimate of drug-likeness (QED) is 0.502. The zero-order valence-electron chi connectivity index (χ0n) is 19.4. The summed E-state index contributed by atoms with van der Waals surface area (Å²) in [7, 11) is 0. The number of phenolic OH excluding ortho intramolecular Hbond substituents is 1. The fraction of sp³-hybridized carbons (Fsp3) is 0.333. The van der Waals surface area contributed by atoms with Crippen molar-refractivity contribution in [3.8, 4) is 11.5 Å². The first-order valence-corrected chi connectivity index (χ1v) is 11.2. The van der Waals surface area contributed by atoms with Crippen molar-refractivity contribution >= 4 is 28.8 Å². The second kappa shape index (κ2) is 9.88. The number of carbonyl (C=O) groups excluding carboxylic acids is 2. The topological polar surface area (TPSA) is 110 Å². The van der Waals surface area contributed by atoms with Crippen molar-refractivity contribution in [2.45, 2.75) is 38.6 Å². The number of anilines is 1. The molecule has 36 heavy (non-hydrogen) atoms. The van der Waals surface area contributed by atoms with Gasteiger partial charge in [-0.25, -0.2) is 4.98 Å². The van der Waals surface area contributed by atoms with Crippen LogP contribution in [0, 0.1) is 6.92 Å².